The summed E-state index contributed by atoms with van der Waals surface area (Å²) in [5, 5.41) is 3.04. The van der Waals surface area contributed by atoms with Crippen molar-refractivity contribution in [2.75, 3.05) is 20.3 Å². The van der Waals surface area contributed by atoms with Gasteiger partial charge in [-0.05, 0) is 60.9 Å². The second-order valence-electron chi connectivity index (χ2n) is 11.0. The van der Waals surface area contributed by atoms with Gasteiger partial charge in [-0.15, -0.1) is 0 Å². The predicted molar refractivity (Wildman–Crippen MR) is 142 cm³/mol. The van der Waals surface area contributed by atoms with Crippen LogP contribution in [-0.4, -0.2) is 56.3 Å². The fourth-order valence-electron chi connectivity index (χ4n) is 6.90. The van der Waals surface area contributed by atoms with Crippen molar-refractivity contribution in [1.82, 2.24) is 5.32 Å². The smallest absolute Gasteiger partial charge is 0.330 e. The Labute approximate surface area is 224 Å². The van der Waals surface area contributed by atoms with Crippen LogP contribution in [0.4, 0.5) is 4.39 Å². The highest BCUT2D eigenvalue weighted by Crippen LogP contribution is 2.74. The molecule has 6 unspecified atom stereocenters. The van der Waals surface area contributed by atoms with Gasteiger partial charge in [0.15, 0.2) is 11.9 Å². The molecule has 1 aliphatic carbocycles. The molecule has 3 fully saturated rings. The summed E-state index contributed by atoms with van der Waals surface area (Å²) >= 11 is 0. The van der Waals surface area contributed by atoms with Crippen LogP contribution in [0.15, 0.2) is 29.3 Å². The lowest BCUT2D eigenvalue weighted by Gasteiger charge is -2.22. The zero-order valence-corrected chi connectivity index (χ0v) is 22.4. The Balaban J connectivity index is 1.26. The lowest BCUT2D eigenvalue weighted by Crippen LogP contribution is -2.34. The third kappa shape index (κ3) is 5.12. The third-order valence-electron chi connectivity index (χ3n) is 8.77. The van der Waals surface area contributed by atoms with E-state index in [1.54, 1.807) is 12.1 Å². The van der Waals surface area contributed by atoms with Crippen LogP contribution in [0.5, 0.6) is 0 Å². The highest BCUT2D eigenvalue weighted by molar-refractivity contribution is 5.94. The summed E-state index contributed by atoms with van der Waals surface area (Å²) in [6, 6.07) is 4.09. The van der Waals surface area contributed by atoms with Crippen LogP contribution >= 0.6 is 0 Å². The van der Waals surface area contributed by atoms with Gasteiger partial charge in [0.1, 0.15) is 12.4 Å². The van der Waals surface area contributed by atoms with Crippen LogP contribution in [0.3, 0.4) is 0 Å². The van der Waals surface area contributed by atoms with E-state index in [0.717, 1.165) is 36.8 Å². The molecule has 1 N–H and O–H groups in total. The average Bonchev–Trinajstić information content (AvgIpc) is 3.35. The highest BCUT2D eigenvalue weighted by Gasteiger charge is 2.81. The first kappa shape index (κ1) is 26.9. The molecule has 206 valence electrons. The van der Waals surface area contributed by atoms with Gasteiger partial charge in [-0.1, -0.05) is 45.1 Å². The Bertz CT molecular complexity index is 1100. The number of unbranched alkanes of at least 4 members (excludes halogenated alkanes) is 5. The molecule has 8 heteroatoms. The molecule has 6 atom stereocenters. The summed E-state index contributed by atoms with van der Waals surface area (Å²) in [6.45, 7) is 3.12. The molecule has 0 spiro atoms. The Morgan fingerprint density at radius 1 is 1.21 bits per heavy atom. The molecule has 1 saturated carbocycles. The van der Waals surface area contributed by atoms with E-state index in [0.29, 0.717) is 18.9 Å². The minimum Gasteiger partial charge on any atom is -0.478 e. The topological polar surface area (TPSA) is 86.2 Å². The number of aliphatic imine (C=N–C) groups is 1. The number of halogens is 1. The minimum absolute atomic E-state index is 0.00815. The number of carbonyl (C=O) groups is 2. The Kier molecular flexibility index (Phi) is 8.17. The molecule has 1 aromatic carbocycles. The zero-order chi connectivity index (χ0) is 26.7. The summed E-state index contributed by atoms with van der Waals surface area (Å²) in [7, 11) is 1.33. The van der Waals surface area contributed by atoms with Gasteiger partial charge in [-0.25, -0.2) is 14.2 Å². The van der Waals surface area contributed by atoms with Gasteiger partial charge < -0.3 is 19.5 Å². The van der Waals surface area contributed by atoms with Crippen molar-refractivity contribution in [3.05, 3.63) is 41.2 Å². The molecule has 0 aromatic heterocycles. The van der Waals surface area contributed by atoms with Crippen LogP contribution in [0.2, 0.25) is 0 Å². The Morgan fingerprint density at radius 2 is 2.03 bits per heavy atom. The summed E-state index contributed by atoms with van der Waals surface area (Å²) in [5.41, 5.74) is 1.26. The summed E-state index contributed by atoms with van der Waals surface area (Å²) in [4.78, 5) is 29.2. The molecule has 3 heterocycles. The summed E-state index contributed by atoms with van der Waals surface area (Å²) in [5.74, 6) is 0.215. The largest absolute Gasteiger partial charge is 0.478 e. The Hall–Kier alpha value is -2.74. The fourth-order valence-corrected chi connectivity index (χ4v) is 6.90. The van der Waals surface area contributed by atoms with Crippen LogP contribution in [0, 0.1) is 23.1 Å². The van der Waals surface area contributed by atoms with E-state index in [4.69, 9.17) is 19.2 Å². The van der Waals surface area contributed by atoms with E-state index >= 15 is 0 Å². The van der Waals surface area contributed by atoms with Gasteiger partial charge in [0.2, 0.25) is 5.91 Å². The number of ether oxygens (including phenoxy) is 3. The van der Waals surface area contributed by atoms with Crippen molar-refractivity contribution in [2.45, 2.75) is 83.0 Å². The summed E-state index contributed by atoms with van der Waals surface area (Å²) < 4.78 is 31.3. The molecule has 5 rings (SSSR count). The van der Waals surface area contributed by atoms with Crippen LogP contribution in [0.25, 0.3) is 6.08 Å². The predicted octanol–water partition coefficient (Wildman–Crippen LogP) is 4.62. The maximum absolute atomic E-state index is 14.2. The van der Waals surface area contributed by atoms with Crippen molar-refractivity contribution in [1.29, 1.82) is 0 Å². The number of fused-ring (bicyclic) bond motifs is 5. The number of benzene rings is 1. The summed E-state index contributed by atoms with van der Waals surface area (Å²) in [6.07, 6.45) is 12.8. The van der Waals surface area contributed by atoms with Crippen LogP contribution in [0.1, 0.15) is 69.4 Å². The third-order valence-corrected chi connectivity index (χ3v) is 8.77. The number of esters is 1. The monoisotopic (exact) mass is 526 g/mol. The standard InChI is InChI=1S/C30H39FN2O5/c1-3-4-5-6-7-8-15-32-28(35)23-18-37-29(33-23)30-22(27(30)24-12-13-25(30)38-24)17-20-16-21(31)11-9-19(20)10-14-26(34)36-2/h9-11,14,16,22-25,27H,3-8,12-13,15,17-18H2,1-2H3,(H,32,35). The first-order valence-electron chi connectivity index (χ1n) is 14.2. The molecule has 0 radical (unpaired) electrons. The van der Waals surface area contributed by atoms with Gasteiger partial charge in [-0.2, -0.15) is 0 Å². The van der Waals surface area contributed by atoms with Crippen molar-refractivity contribution >= 4 is 23.9 Å². The number of rotatable bonds is 13. The number of nitrogens with one attached hydrogen (secondary N) is 1. The van der Waals surface area contributed by atoms with Gasteiger partial charge in [0.25, 0.3) is 0 Å². The number of hydrogen-bond acceptors (Lipinski definition) is 6. The molecular weight excluding hydrogens is 487 g/mol. The number of amides is 1. The molecular formula is C30H39FN2O5. The lowest BCUT2D eigenvalue weighted by molar-refractivity contribution is -0.134. The quantitative estimate of drug-likeness (QED) is 0.230. The normalized spacial score (nSPS) is 30.7. The zero-order valence-electron chi connectivity index (χ0n) is 22.4. The molecule has 2 saturated heterocycles. The van der Waals surface area contributed by atoms with Crippen molar-refractivity contribution in [2.24, 2.45) is 22.2 Å². The van der Waals surface area contributed by atoms with E-state index in [1.807, 2.05) is 0 Å². The van der Waals surface area contributed by atoms with Crippen molar-refractivity contribution in [3.63, 3.8) is 0 Å². The first-order valence-corrected chi connectivity index (χ1v) is 14.2. The Morgan fingerprint density at radius 3 is 2.84 bits per heavy atom. The molecule has 1 aromatic rings. The number of carbonyl (C=O) groups excluding carboxylic acids is 2. The fraction of sp³-hybridized carbons (Fsp3) is 0.633. The van der Waals surface area contributed by atoms with E-state index in [-0.39, 0.29) is 47.8 Å². The number of hydrogen-bond donors (Lipinski definition) is 1. The van der Waals surface area contributed by atoms with E-state index in [2.05, 4.69) is 12.2 Å². The van der Waals surface area contributed by atoms with Gasteiger partial charge >= 0.3 is 5.97 Å². The van der Waals surface area contributed by atoms with Crippen molar-refractivity contribution < 1.29 is 28.2 Å². The van der Waals surface area contributed by atoms with Gasteiger partial charge in [0, 0.05) is 18.5 Å². The maximum Gasteiger partial charge on any atom is 0.330 e. The first-order chi connectivity index (χ1) is 18.5. The molecule has 1 amide bonds. The van der Waals surface area contributed by atoms with Crippen LogP contribution < -0.4 is 5.32 Å². The van der Waals surface area contributed by atoms with E-state index in [1.165, 1.54) is 51.0 Å². The molecule has 7 nitrogen and oxygen atoms in total. The van der Waals surface area contributed by atoms with Crippen molar-refractivity contribution in [3.8, 4) is 0 Å². The number of nitrogens with zero attached hydrogens (tertiary/aromatic N) is 1. The van der Waals surface area contributed by atoms with E-state index in [9.17, 15) is 14.0 Å². The highest BCUT2D eigenvalue weighted by atomic mass is 19.1. The number of methoxy groups -OCH3 is 1. The minimum atomic E-state index is -0.534. The molecule has 38 heavy (non-hydrogen) atoms. The van der Waals surface area contributed by atoms with Crippen LogP contribution in [-0.2, 0) is 30.2 Å². The lowest BCUT2D eigenvalue weighted by atomic mass is 9.86. The SMILES string of the molecule is CCCCCCCCNC(=O)C1COC(C23C4CCC(O4)C2C3Cc2cc(F)ccc2C=CC(=O)OC)=N1. The second-order valence-corrected chi connectivity index (χ2v) is 11.0. The second kappa shape index (κ2) is 11.6. The van der Waals surface area contributed by atoms with Gasteiger partial charge in [0.05, 0.1) is 24.7 Å². The molecule has 2 bridgehead atoms. The maximum atomic E-state index is 14.2. The van der Waals surface area contributed by atoms with E-state index < -0.39 is 12.0 Å². The van der Waals surface area contributed by atoms with Gasteiger partial charge in [-0.3, -0.25) is 4.79 Å². The molecule has 3 aliphatic heterocycles. The molecule has 4 aliphatic rings. The average molecular weight is 527 g/mol.